The van der Waals surface area contributed by atoms with E-state index >= 15 is 0 Å². The number of nitrogens with zero attached hydrogens (tertiary/aromatic N) is 3. The zero-order valence-corrected chi connectivity index (χ0v) is 20.7. The van der Waals surface area contributed by atoms with Crippen molar-refractivity contribution in [3.63, 3.8) is 0 Å². The number of amides is 1. The molecular weight excluding hydrogens is 556 g/mol. The number of carboxylic acid groups (broad SMARTS) is 2. The van der Waals surface area contributed by atoms with Gasteiger partial charge in [-0.05, 0) is 36.6 Å². The van der Waals surface area contributed by atoms with Crippen LogP contribution in [0, 0.1) is 0 Å². The Labute approximate surface area is 223 Å². The van der Waals surface area contributed by atoms with E-state index in [1.54, 1.807) is 30.7 Å². The van der Waals surface area contributed by atoms with Gasteiger partial charge in [-0.2, -0.15) is 26.3 Å². The van der Waals surface area contributed by atoms with Gasteiger partial charge < -0.3 is 24.6 Å². The van der Waals surface area contributed by atoms with Crippen molar-refractivity contribution in [2.75, 3.05) is 19.7 Å². The number of alkyl halides is 6. The average molecular weight is 581 g/mol. The summed E-state index contributed by atoms with van der Waals surface area (Å²) in [4.78, 5) is 40.5. The third-order valence-corrected chi connectivity index (χ3v) is 5.62. The third kappa shape index (κ3) is 10.4. The van der Waals surface area contributed by atoms with Crippen molar-refractivity contribution in [3.05, 3.63) is 60.2 Å². The second kappa shape index (κ2) is 14.0. The van der Waals surface area contributed by atoms with Crippen LogP contribution >= 0.6 is 0 Å². The van der Waals surface area contributed by atoms with Crippen LogP contribution in [0.4, 0.5) is 26.3 Å². The molecule has 2 N–H and O–H groups in total. The summed E-state index contributed by atoms with van der Waals surface area (Å²) in [6, 6.07) is 7.45. The van der Waals surface area contributed by atoms with E-state index in [2.05, 4.69) is 9.97 Å². The number of hydrogen-bond acceptors (Lipinski definition) is 7. The maximum Gasteiger partial charge on any atom is 0.490 e. The van der Waals surface area contributed by atoms with Gasteiger partial charge in [-0.3, -0.25) is 14.8 Å². The van der Waals surface area contributed by atoms with E-state index in [1.165, 1.54) is 0 Å². The molecule has 1 spiro atoms. The van der Waals surface area contributed by atoms with Gasteiger partial charge in [0, 0.05) is 43.3 Å². The van der Waals surface area contributed by atoms with Crippen LogP contribution in [0.3, 0.4) is 0 Å². The molecule has 10 nitrogen and oxygen atoms in total. The highest BCUT2D eigenvalue weighted by Gasteiger charge is 2.45. The molecule has 4 heterocycles. The van der Waals surface area contributed by atoms with E-state index in [9.17, 15) is 31.1 Å². The fourth-order valence-electron chi connectivity index (χ4n) is 3.84. The van der Waals surface area contributed by atoms with Crippen LogP contribution in [0.1, 0.15) is 35.2 Å². The maximum absolute atomic E-state index is 12.7. The first kappa shape index (κ1) is 32.4. The molecule has 2 aromatic heterocycles. The molecule has 2 aliphatic rings. The van der Waals surface area contributed by atoms with Gasteiger partial charge in [0.25, 0.3) is 5.91 Å². The lowest BCUT2D eigenvalue weighted by Gasteiger charge is -2.39. The quantitative estimate of drug-likeness (QED) is 0.517. The highest BCUT2D eigenvalue weighted by Crippen LogP contribution is 2.36. The van der Waals surface area contributed by atoms with Gasteiger partial charge in [0.05, 0.1) is 31.5 Å². The van der Waals surface area contributed by atoms with E-state index in [0.29, 0.717) is 25.3 Å². The van der Waals surface area contributed by atoms with E-state index in [-0.39, 0.29) is 17.6 Å². The van der Waals surface area contributed by atoms with Crippen LogP contribution in [-0.4, -0.2) is 86.7 Å². The number of ether oxygens (including phenoxy) is 2. The smallest absolute Gasteiger partial charge is 0.475 e. The number of aromatic nitrogens is 2. The van der Waals surface area contributed by atoms with Gasteiger partial charge in [0.2, 0.25) is 0 Å². The van der Waals surface area contributed by atoms with Gasteiger partial charge in [-0.1, -0.05) is 6.07 Å². The molecular formula is C24H25F6N3O7. The second-order valence-electron chi connectivity index (χ2n) is 8.66. The fourth-order valence-corrected chi connectivity index (χ4v) is 3.84. The first-order chi connectivity index (χ1) is 18.6. The lowest BCUT2D eigenvalue weighted by Crippen LogP contribution is -2.50. The highest BCUT2D eigenvalue weighted by atomic mass is 19.4. The highest BCUT2D eigenvalue weighted by molar-refractivity contribution is 5.94. The molecule has 0 radical (unpaired) electrons. The summed E-state index contributed by atoms with van der Waals surface area (Å²) < 4.78 is 75.6. The normalized spacial score (nSPS) is 20.6. The van der Waals surface area contributed by atoms with E-state index in [1.807, 2.05) is 23.2 Å². The molecule has 2 aliphatic heterocycles. The zero-order valence-electron chi connectivity index (χ0n) is 20.7. The summed E-state index contributed by atoms with van der Waals surface area (Å²) in [5.41, 5.74) is 1.46. The molecule has 0 bridgehead atoms. The average Bonchev–Trinajstić information content (AvgIpc) is 3.29. The molecule has 2 saturated heterocycles. The molecule has 0 aliphatic carbocycles. The number of carbonyl (C=O) groups is 3. The van der Waals surface area contributed by atoms with Crippen molar-refractivity contribution in [2.24, 2.45) is 0 Å². The first-order valence-electron chi connectivity index (χ1n) is 11.6. The summed E-state index contributed by atoms with van der Waals surface area (Å²) in [6.07, 6.45) is -0.470. The van der Waals surface area contributed by atoms with E-state index < -0.39 is 24.3 Å². The van der Waals surface area contributed by atoms with Crippen LogP contribution in [-0.2, 0) is 25.7 Å². The SMILES string of the molecule is O=C(O)C(F)(F)F.O=C(O)C(F)(F)F.O=C(c1ccncc1)N1CCC[C@]2(C[C@@H](OCc3cccnc3)CO2)C1. The molecule has 0 aromatic carbocycles. The molecule has 4 rings (SSSR count). The Balaban J connectivity index is 0.000000333. The largest absolute Gasteiger partial charge is 0.490 e. The Morgan fingerprint density at radius 1 is 1.00 bits per heavy atom. The molecule has 220 valence electrons. The summed E-state index contributed by atoms with van der Waals surface area (Å²) in [5, 5.41) is 14.2. The number of aliphatic carboxylic acids is 2. The van der Waals surface area contributed by atoms with Crippen molar-refractivity contribution >= 4 is 17.8 Å². The maximum atomic E-state index is 12.7. The van der Waals surface area contributed by atoms with E-state index in [0.717, 1.165) is 31.4 Å². The van der Waals surface area contributed by atoms with Crippen LogP contribution in [0.15, 0.2) is 49.1 Å². The molecule has 2 fully saturated rings. The number of piperidine rings is 1. The Kier molecular flexibility index (Phi) is 11.4. The Morgan fingerprint density at radius 2 is 1.60 bits per heavy atom. The molecule has 2 aromatic rings. The molecule has 1 amide bonds. The van der Waals surface area contributed by atoms with E-state index in [4.69, 9.17) is 29.3 Å². The topological polar surface area (TPSA) is 139 Å². The minimum absolute atomic E-state index is 0.0507. The van der Waals surface area contributed by atoms with Crippen molar-refractivity contribution in [1.29, 1.82) is 0 Å². The first-order valence-corrected chi connectivity index (χ1v) is 11.6. The number of carboxylic acids is 2. The summed E-state index contributed by atoms with van der Waals surface area (Å²) in [6.45, 7) is 2.52. The fraction of sp³-hybridized carbons (Fsp3) is 0.458. The van der Waals surface area contributed by atoms with Crippen LogP contribution in [0.5, 0.6) is 0 Å². The van der Waals surface area contributed by atoms with Crippen LogP contribution in [0.2, 0.25) is 0 Å². The van der Waals surface area contributed by atoms with Gasteiger partial charge in [-0.15, -0.1) is 0 Å². The summed E-state index contributed by atoms with van der Waals surface area (Å²) >= 11 is 0. The molecule has 40 heavy (non-hydrogen) atoms. The van der Waals surface area contributed by atoms with Crippen molar-refractivity contribution in [1.82, 2.24) is 14.9 Å². The minimum atomic E-state index is -5.08. The number of likely N-dealkylation sites (tertiary alicyclic amines) is 1. The van der Waals surface area contributed by atoms with Gasteiger partial charge in [-0.25, -0.2) is 9.59 Å². The Bertz CT molecular complexity index is 1100. The molecule has 2 atom stereocenters. The second-order valence-corrected chi connectivity index (χ2v) is 8.66. The monoisotopic (exact) mass is 581 g/mol. The van der Waals surface area contributed by atoms with Crippen molar-refractivity contribution in [3.8, 4) is 0 Å². The zero-order chi connectivity index (χ0) is 30.0. The standard InChI is InChI=1S/C20H23N3O3.2C2HF3O2/c24-19(17-4-8-21-9-5-17)23-10-2-6-20(15-23)11-18(14-26-20)25-13-16-3-1-7-22-12-16;2*3-2(4,5)1(6)7/h1,3-5,7-9,12,18H,2,6,10-11,13-15H2;2*(H,6,7)/t18-,20+;;/m1../s1. The summed E-state index contributed by atoms with van der Waals surface area (Å²) in [7, 11) is 0. The number of carbonyl (C=O) groups excluding carboxylic acids is 1. The summed E-state index contributed by atoms with van der Waals surface area (Å²) in [5.74, 6) is -5.46. The van der Waals surface area contributed by atoms with Crippen LogP contribution in [0.25, 0.3) is 0 Å². The van der Waals surface area contributed by atoms with Gasteiger partial charge in [0.15, 0.2) is 0 Å². The lowest BCUT2D eigenvalue weighted by molar-refractivity contribution is -0.193. The number of rotatable bonds is 4. The van der Waals surface area contributed by atoms with Crippen molar-refractivity contribution in [2.45, 2.75) is 49.9 Å². The van der Waals surface area contributed by atoms with Crippen molar-refractivity contribution < 1.29 is 60.4 Å². The minimum Gasteiger partial charge on any atom is -0.475 e. The number of halogens is 6. The lowest BCUT2D eigenvalue weighted by atomic mass is 9.89. The van der Waals surface area contributed by atoms with Crippen LogP contribution < -0.4 is 0 Å². The predicted octanol–water partition coefficient (Wildman–Crippen LogP) is 3.72. The molecule has 0 saturated carbocycles. The molecule has 0 unspecified atom stereocenters. The molecule has 16 heteroatoms. The van der Waals surface area contributed by atoms with Gasteiger partial charge in [0.1, 0.15) is 0 Å². The Morgan fingerprint density at radius 3 is 2.12 bits per heavy atom. The predicted molar refractivity (Wildman–Crippen MR) is 123 cm³/mol. The number of hydrogen-bond donors (Lipinski definition) is 2. The van der Waals surface area contributed by atoms with Gasteiger partial charge >= 0.3 is 24.3 Å². The Hall–Kier alpha value is -3.79. The number of pyridine rings is 2. The third-order valence-electron chi connectivity index (χ3n) is 5.62.